The number of esters is 1. The van der Waals surface area contributed by atoms with Crippen LogP contribution in [0.4, 0.5) is 0 Å². The monoisotopic (exact) mass is 459 g/mol. The Bertz CT molecular complexity index is 969. The van der Waals surface area contributed by atoms with Crippen LogP contribution in [0, 0.1) is 6.92 Å². The van der Waals surface area contributed by atoms with E-state index in [0.29, 0.717) is 12.8 Å². The number of ether oxygens (including phenoxy) is 1. The Morgan fingerprint density at radius 3 is 2.40 bits per heavy atom. The van der Waals surface area contributed by atoms with Gasteiger partial charge in [0, 0.05) is 12.1 Å². The number of nitrogens with zero attached hydrogens (tertiary/aromatic N) is 1. The molecule has 1 fully saturated rings. The number of benzene rings is 1. The predicted octanol–water partition coefficient (Wildman–Crippen LogP) is 1.52. The first-order valence-corrected chi connectivity index (χ1v) is 13.4. The highest BCUT2D eigenvalue weighted by Crippen LogP contribution is 2.21. The van der Waals surface area contributed by atoms with Crippen molar-refractivity contribution >= 4 is 31.6 Å². The fraction of sp³-hybridized carbons (Fsp3) is 0.600. The molecule has 0 spiro atoms. The van der Waals surface area contributed by atoms with Gasteiger partial charge in [0.15, 0.2) is 26.3 Å². The number of sulfone groups is 2. The lowest BCUT2D eigenvalue weighted by atomic mass is 10.1. The first-order valence-electron chi connectivity index (χ1n) is 9.92. The molecule has 1 aromatic rings. The summed E-state index contributed by atoms with van der Waals surface area (Å²) < 4.78 is 53.2. The Hall–Kier alpha value is -1.94. The molecule has 1 amide bonds. The van der Waals surface area contributed by atoms with Crippen molar-refractivity contribution in [3.63, 3.8) is 0 Å². The standard InChI is InChI=1S/C20H29NO7S2/c1-4-16(3)21(17-9-11-29(24,25)14-17)19(22)13-28-20(23)10-12-30(26,27)18-7-5-15(2)6-8-18/h5-8,16-17H,4,9-14H2,1-3H3. The Morgan fingerprint density at radius 2 is 1.87 bits per heavy atom. The van der Waals surface area contributed by atoms with Crippen molar-refractivity contribution in [2.45, 2.75) is 57.0 Å². The first-order chi connectivity index (χ1) is 13.9. The van der Waals surface area contributed by atoms with Crippen LogP contribution in [0.1, 0.15) is 38.7 Å². The van der Waals surface area contributed by atoms with Crippen LogP contribution in [0.25, 0.3) is 0 Å². The van der Waals surface area contributed by atoms with E-state index in [9.17, 15) is 26.4 Å². The van der Waals surface area contributed by atoms with E-state index in [-0.39, 0.29) is 28.9 Å². The van der Waals surface area contributed by atoms with Gasteiger partial charge >= 0.3 is 5.97 Å². The maximum Gasteiger partial charge on any atom is 0.307 e. The number of hydrogen-bond acceptors (Lipinski definition) is 7. The summed E-state index contributed by atoms with van der Waals surface area (Å²) in [7, 11) is -6.80. The third-order valence-electron chi connectivity index (χ3n) is 5.27. The SMILES string of the molecule is CCC(C)N(C(=O)COC(=O)CCS(=O)(=O)c1ccc(C)cc1)C1CCS(=O)(=O)C1. The molecule has 2 unspecified atom stereocenters. The summed E-state index contributed by atoms with van der Waals surface area (Å²) >= 11 is 0. The van der Waals surface area contributed by atoms with E-state index in [1.807, 2.05) is 20.8 Å². The van der Waals surface area contributed by atoms with Gasteiger partial charge in [-0.05, 0) is 38.8 Å². The van der Waals surface area contributed by atoms with E-state index in [4.69, 9.17) is 4.74 Å². The van der Waals surface area contributed by atoms with Crippen molar-refractivity contribution in [3.05, 3.63) is 29.8 Å². The second-order valence-corrected chi connectivity index (χ2v) is 12.0. The highest BCUT2D eigenvalue weighted by atomic mass is 32.2. The number of rotatable bonds is 9. The van der Waals surface area contributed by atoms with Gasteiger partial charge in [-0.15, -0.1) is 0 Å². The van der Waals surface area contributed by atoms with Gasteiger partial charge < -0.3 is 9.64 Å². The first kappa shape index (κ1) is 24.3. The summed E-state index contributed by atoms with van der Waals surface area (Å²) in [4.78, 5) is 26.3. The number of aryl methyl sites for hydroxylation is 1. The van der Waals surface area contributed by atoms with Crippen molar-refractivity contribution in [3.8, 4) is 0 Å². The van der Waals surface area contributed by atoms with Crippen LogP contribution in [0.5, 0.6) is 0 Å². The molecule has 0 aliphatic carbocycles. The minimum absolute atomic E-state index is 0.0362. The molecule has 0 bridgehead atoms. The molecule has 1 aromatic carbocycles. The number of amides is 1. The second-order valence-electron chi connectivity index (χ2n) is 7.66. The van der Waals surface area contributed by atoms with E-state index in [1.165, 1.54) is 17.0 Å². The minimum atomic E-state index is -3.63. The predicted molar refractivity (Wildman–Crippen MR) is 112 cm³/mol. The molecule has 168 valence electrons. The molecule has 0 saturated carbocycles. The van der Waals surface area contributed by atoms with Gasteiger partial charge in [-0.3, -0.25) is 9.59 Å². The highest BCUT2D eigenvalue weighted by molar-refractivity contribution is 7.91. The highest BCUT2D eigenvalue weighted by Gasteiger charge is 2.36. The summed E-state index contributed by atoms with van der Waals surface area (Å²) in [6.45, 7) is 5.01. The summed E-state index contributed by atoms with van der Waals surface area (Å²) in [6.07, 6.45) is 0.622. The fourth-order valence-electron chi connectivity index (χ4n) is 3.37. The van der Waals surface area contributed by atoms with Crippen LogP contribution in [0.3, 0.4) is 0 Å². The van der Waals surface area contributed by atoms with E-state index in [2.05, 4.69) is 0 Å². The third-order valence-corrected chi connectivity index (χ3v) is 8.75. The largest absolute Gasteiger partial charge is 0.456 e. The Kier molecular flexibility index (Phi) is 8.04. The number of carbonyl (C=O) groups is 2. The topological polar surface area (TPSA) is 115 Å². The van der Waals surface area contributed by atoms with Crippen molar-refractivity contribution in [1.29, 1.82) is 0 Å². The fourth-order valence-corrected chi connectivity index (χ4v) is 6.30. The average molecular weight is 460 g/mol. The lowest BCUT2D eigenvalue weighted by Gasteiger charge is -2.33. The Morgan fingerprint density at radius 1 is 1.23 bits per heavy atom. The van der Waals surface area contributed by atoms with E-state index < -0.39 is 50.0 Å². The van der Waals surface area contributed by atoms with E-state index in [0.717, 1.165) is 5.56 Å². The quantitative estimate of drug-likeness (QED) is 0.514. The summed E-state index contributed by atoms with van der Waals surface area (Å²) in [6, 6.07) is 5.69. The normalized spacial score (nSPS) is 19.2. The summed E-state index contributed by atoms with van der Waals surface area (Å²) in [5.41, 5.74) is 0.924. The van der Waals surface area contributed by atoms with Gasteiger partial charge in [-0.25, -0.2) is 16.8 Å². The van der Waals surface area contributed by atoms with Gasteiger partial charge in [-0.2, -0.15) is 0 Å². The molecular weight excluding hydrogens is 430 g/mol. The van der Waals surface area contributed by atoms with Crippen LogP contribution >= 0.6 is 0 Å². The van der Waals surface area contributed by atoms with Crippen molar-refractivity contribution in [2.24, 2.45) is 0 Å². The molecule has 10 heteroatoms. The molecular formula is C20H29NO7S2. The maximum absolute atomic E-state index is 12.6. The van der Waals surface area contributed by atoms with E-state index in [1.54, 1.807) is 12.1 Å². The third kappa shape index (κ3) is 6.53. The maximum atomic E-state index is 12.6. The number of carbonyl (C=O) groups excluding carboxylic acids is 2. The van der Waals surface area contributed by atoms with E-state index >= 15 is 0 Å². The molecule has 0 aromatic heterocycles. The molecule has 8 nitrogen and oxygen atoms in total. The Labute approximate surface area is 178 Å². The number of hydrogen-bond donors (Lipinski definition) is 0. The lowest BCUT2D eigenvalue weighted by molar-refractivity contribution is -0.153. The van der Waals surface area contributed by atoms with Gasteiger partial charge in [0.25, 0.3) is 5.91 Å². The van der Waals surface area contributed by atoms with Crippen molar-refractivity contribution < 1.29 is 31.2 Å². The molecule has 2 rings (SSSR count). The molecule has 1 heterocycles. The van der Waals surface area contributed by atoms with Gasteiger partial charge in [0.2, 0.25) is 0 Å². The average Bonchev–Trinajstić information content (AvgIpc) is 3.04. The summed E-state index contributed by atoms with van der Waals surface area (Å²) in [5.74, 6) is -1.73. The summed E-state index contributed by atoms with van der Waals surface area (Å²) in [5, 5.41) is 0. The van der Waals surface area contributed by atoms with Crippen molar-refractivity contribution in [2.75, 3.05) is 23.9 Å². The molecule has 1 aliphatic rings. The molecule has 0 radical (unpaired) electrons. The van der Waals surface area contributed by atoms with Gasteiger partial charge in [0.05, 0.1) is 28.6 Å². The molecule has 0 N–H and O–H groups in total. The van der Waals surface area contributed by atoms with Crippen molar-refractivity contribution in [1.82, 2.24) is 4.90 Å². The van der Waals surface area contributed by atoms with Crippen LogP contribution in [0.15, 0.2) is 29.2 Å². The van der Waals surface area contributed by atoms with Crippen LogP contribution in [0.2, 0.25) is 0 Å². The zero-order chi connectivity index (χ0) is 22.5. The second kappa shape index (κ2) is 9.91. The van der Waals surface area contributed by atoms with Gasteiger partial charge in [0.1, 0.15) is 0 Å². The van der Waals surface area contributed by atoms with Crippen LogP contribution < -0.4 is 0 Å². The Balaban J connectivity index is 1.92. The lowest BCUT2D eigenvalue weighted by Crippen LogP contribution is -2.48. The molecule has 1 aliphatic heterocycles. The zero-order valence-corrected chi connectivity index (χ0v) is 19.2. The molecule has 1 saturated heterocycles. The van der Waals surface area contributed by atoms with Crippen LogP contribution in [-0.4, -0.2) is 69.6 Å². The van der Waals surface area contributed by atoms with Gasteiger partial charge in [-0.1, -0.05) is 24.6 Å². The molecule has 2 atom stereocenters. The minimum Gasteiger partial charge on any atom is -0.456 e. The zero-order valence-electron chi connectivity index (χ0n) is 17.5. The molecule has 30 heavy (non-hydrogen) atoms. The smallest absolute Gasteiger partial charge is 0.307 e. The van der Waals surface area contributed by atoms with Crippen LogP contribution in [-0.2, 0) is 34.0 Å².